The number of aliphatic hydroxyl groups excluding tert-OH is 4. The Morgan fingerprint density at radius 1 is 0.821 bits per heavy atom. The fourth-order valence-electron chi connectivity index (χ4n) is 2.85. The van der Waals surface area contributed by atoms with E-state index >= 15 is 0 Å². The van der Waals surface area contributed by atoms with Gasteiger partial charge < -0.3 is 40.1 Å². The predicted octanol–water partition coefficient (Wildman–Crippen LogP) is 0.447. The lowest BCUT2D eigenvalue weighted by Crippen LogP contribution is -2.60. The molecule has 0 spiro atoms. The molecule has 8 nitrogen and oxygen atoms in total. The van der Waals surface area contributed by atoms with Gasteiger partial charge in [-0.1, -0.05) is 24.3 Å². The van der Waals surface area contributed by atoms with Gasteiger partial charge in [0.2, 0.25) is 6.29 Å². The van der Waals surface area contributed by atoms with E-state index < -0.39 is 37.3 Å². The fraction of sp³-hybridized carbons (Fsp3) is 0.300. The molecule has 0 amide bonds. The summed E-state index contributed by atoms with van der Waals surface area (Å²) in [4.78, 5) is 0. The molecule has 0 aromatic heterocycles. The van der Waals surface area contributed by atoms with Crippen LogP contribution in [0, 0.1) is 0 Å². The molecule has 2 aromatic carbocycles. The summed E-state index contributed by atoms with van der Waals surface area (Å²) in [6.45, 7) is -0.564. The number of aliphatic hydroxyl groups is 4. The van der Waals surface area contributed by atoms with Crippen molar-refractivity contribution in [3.05, 3.63) is 53.6 Å². The highest BCUT2D eigenvalue weighted by molar-refractivity contribution is 5.71. The molecule has 150 valence electrons. The standard InChI is InChI=1S/C20H22O8/c21-10-16-17(24)18(25)19(26)20(28-16)27-15-8-12(7-14(23)9-15)2-1-11-3-5-13(22)6-4-11/h1-9,16-26H,10H2/t16?,17-,18?,19+,20-/m1/s1. The highest BCUT2D eigenvalue weighted by Crippen LogP contribution is 2.28. The lowest BCUT2D eigenvalue weighted by Gasteiger charge is -2.39. The Balaban J connectivity index is 1.76. The molecule has 6 N–H and O–H groups in total. The van der Waals surface area contributed by atoms with Crippen molar-refractivity contribution in [3.8, 4) is 17.2 Å². The van der Waals surface area contributed by atoms with Crippen molar-refractivity contribution in [2.75, 3.05) is 6.61 Å². The average Bonchev–Trinajstić information content (AvgIpc) is 2.67. The lowest BCUT2D eigenvalue weighted by molar-refractivity contribution is -0.277. The van der Waals surface area contributed by atoms with Gasteiger partial charge in [0, 0.05) is 6.07 Å². The van der Waals surface area contributed by atoms with E-state index in [1.165, 1.54) is 12.1 Å². The third kappa shape index (κ3) is 4.61. The van der Waals surface area contributed by atoms with E-state index in [9.17, 15) is 30.6 Å². The van der Waals surface area contributed by atoms with Crippen LogP contribution in [0.15, 0.2) is 42.5 Å². The van der Waals surface area contributed by atoms with Gasteiger partial charge >= 0.3 is 0 Å². The first-order chi connectivity index (χ1) is 13.4. The minimum atomic E-state index is -1.55. The summed E-state index contributed by atoms with van der Waals surface area (Å²) in [5.41, 5.74) is 1.42. The van der Waals surface area contributed by atoms with Crippen LogP contribution < -0.4 is 4.74 Å². The third-order valence-electron chi connectivity index (χ3n) is 4.38. The molecule has 2 aromatic rings. The number of phenols is 2. The van der Waals surface area contributed by atoms with Crippen molar-refractivity contribution >= 4 is 12.2 Å². The molecular weight excluding hydrogens is 368 g/mol. The van der Waals surface area contributed by atoms with Crippen LogP contribution in [-0.4, -0.2) is 68.0 Å². The molecule has 1 fully saturated rings. The monoisotopic (exact) mass is 390 g/mol. The van der Waals surface area contributed by atoms with Crippen molar-refractivity contribution in [2.45, 2.75) is 30.7 Å². The maximum absolute atomic E-state index is 10.1. The zero-order valence-electron chi connectivity index (χ0n) is 14.8. The smallest absolute Gasteiger partial charge is 0.229 e. The normalized spacial score (nSPS) is 27.8. The minimum Gasteiger partial charge on any atom is -0.508 e. The molecule has 0 aliphatic carbocycles. The number of benzene rings is 2. The van der Waals surface area contributed by atoms with E-state index in [2.05, 4.69) is 0 Å². The third-order valence-corrected chi connectivity index (χ3v) is 4.38. The molecule has 0 radical (unpaired) electrons. The first-order valence-electron chi connectivity index (χ1n) is 8.65. The zero-order chi connectivity index (χ0) is 20.3. The van der Waals surface area contributed by atoms with Crippen LogP contribution in [0.3, 0.4) is 0 Å². The van der Waals surface area contributed by atoms with Gasteiger partial charge in [-0.05, 0) is 35.4 Å². The average molecular weight is 390 g/mol. The van der Waals surface area contributed by atoms with Gasteiger partial charge in [-0.25, -0.2) is 0 Å². The fourth-order valence-corrected chi connectivity index (χ4v) is 2.85. The first kappa shape index (κ1) is 20.1. The summed E-state index contributed by atoms with van der Waals surface area (Å²) in [7, 11) is 0. The second-order valence-electron chi connectivity index (χ2n) is 6.50. The van der Waals surface area contributed by atoms with Crippen molar-refractivity contribution < 1.29 is 40.1 Å². The summed E-state index contributed by atoms with van der Waals surface area (Å²) in [6, 6.07) is 10.9. The summed E-state index contributed by atoms with van der Waals surface area (Å²) >= 11 is 0. The van der Waals surface area contributed by atoms with Crippen LogP contribution in [-0.2, 0) is 4.74 Å². The molecule has 0 bridgehead atoms. The predicted molar refractivity (Wildman–Crippen MR) is 99.5 cm³/mol. The van der Waals surface area contributed by atoms with E-state index in [1.807, 2.05) is 0 Å². The van der Waals surface area contributed by atoms with E-state index in [0.717, 1.165) is 5.56 Å². The van der Waals surface area contributed by atoms with Crippen LogP contribution in [0.25, 0.3) is 12.2 Å². The van der Waals surface area contributed by atoms with Crippen LogP contribution in [0.2, 0.25) is 0 Å². The Hall–Kier alpha value is -2.62. The summed E-state index contributed by atoms with van der Waals surface area (Å²) in [5.74, 6) is 0.229. The van der Waals surface area contributed by atoms with E-state index in [1.54, 1.807) is 42.5 Å². The molecule has 28 heavy (non-hydrogen) atoms. The number of aromatic hydroxyl groups is 2. The quantitative estimate of drug-likeness (QED) is 0.405. The molecule has 1 aliphatic rings. The molecular formula is C20H22O8. The van der Waals surface area contributed by atoms with Crippen molar-refractivity contribution in [2.24, 2.45) is 0 Å². The lowest BCUT2D eigenvalue weighted by atomic mass is 9.99. The molecule has 0 saturated carbocycles. The van der Waals surface area contributed by atoms with Gasteiger partial charge in [-0.2, -0.15) is 0 Å². The number of hydrogen-bond donors (Lipinski definition) is 6. The Labute approximate surface area is 161 Å². The molecule has 5 atom stereocenters. The Morgan fingerprint density at radius 2 is 1.50 bits per heavy atom. The van der Waals surface area contributed by atoms with Gasteiger partial charge in [0.1, 0.15) is 41.7 Å². The van der Waals surface area contributed by atoms with Crippen LogP contribution >= 0.6 is 0 Å². The Morgan fingerprint density at radius 3 is 2.18 bits per heavy atom. The Bertz CT molecular complexity index is 817. The maximum atomic E-state index is 10.1. The summed E-state index contributed by atoms with van der Waals surface area (Å²) in [5, 5.41) is 58.2. The highest BCUT2D eigenvalue weighted by Gasteiger charge is 2.44. The summed E-state index contributed by atoms with van der Waals surface area (Å²) in [6.07, 6.45) is -3.52. The SMILES string of the molecule is OCC1O[C@@H](Oc2cc(O)cc(C=Cc3ccc(O)cc3)c2)[C@@H](O)C(O)[C@@H]1O. The van der Waals surface area contributed by atoms with Gasteiger partial charge in [0.15, 0.2) is 0 Å². The van der Waals surface area contributed by atoms with Gasteiger partial charge in [-0.3, -0.25) is 0 Å². The van der Waals surface area contributed by atoms with Crippen LogP contribution in [0.1, 0.15) is 11.1 Å². The number of hydrogen-bond acceptors (Lipinski definition) is 8. The first-order valence-corrected chi connectivity index (χ1v) is 8.65. The van der Waals surface area contributed by atoms with Gasteiger partial charge in [0.25, 0.3) is 0 Å². The molecule has 2 unspecified atom stereocenters. The number of rotatable bonds is 5. The van der Waals surface area contributed by atoms with E-state index in [4.69, 9.17) is 9.47 Å². The second kappa shape index (κ2) is 8.59. The molecule has 1 saturated heterocycles. The number of phenolic OH excluding ortho intramolecular Hbond substituents is 2. The molecule has 3 rings (SSSR count). The zero-order valence-corrected chi connectivity index (χ0v) is 14.8. The van der Waals surface area contributed by atoms with Crippen molar-refractivity contribution in [1.82, 2.24) is 0 Å². The topological polar surface area (TPSA) is 140 Å². The van der Waals surface area contributed by atoms with Crippen LogP contribution in [0.4, 0.5) is 0 Å². The second-order valence-corrected chi connectivity index (χ2v) is 6.50. The highest BCUT2D eigenvalue weighted by atomic mass is 16.7. The molecule has 1 aliphatic heterocycles. The van der Waals surface area contributed by atoms with Crippen molar-refractivity contribution in [1.29, 1.82) is 0 Å². The number of ether oxygens (including phenoxy) is 2. The maximum Gasteiger partial charge on any atom is 0.229 e. The minimum absolute atomic E-state index is 0.0903. The largest absolute Gasteiger partial charge is 0.508 e. The van der Waals surface area contributed by atoms with Gasteiger partial charge in [-0.15, -0.1) is 0 Å². The Kier molecular flexibility index (Phi) is 6.18. The van der Waals surface area contributed by atoms with E-state index in [0.29, 0.717) is 5.56 Å². The van der Waals surface area contributed by atoms with Crippen molar-refractivity contribution in [3.63, 3.8) is 0 Å². The van der Waals surface area contributed by atoms with E-state index in [-0.39, 0.29) is 17.2 Å². The summed E-state index contributed by atoms with van der Waals surface area (Å²) < 4.78 is 10.8. The molecule has 1 heterocycles. The van der Waals surface area contributed by atoms with Crippen LogP contribution in [0.5, 0.6) is 17.2 Å². The molecule has 8 heteroatoms. The van der Waals surface area contributed by atoms with Gasteiger partial charge in [0.05, 0.1) is 6.61 Å².